The van der Waals surface area contributed by atoms with Crippen LogP contribution in [-0.4, -0.2) is 0 Å². The molecule has 0 fully saturated rings. The molecule has 0 unspecified atom stereocenters. The first-order valence-electron chi connectivity index (χ1n) is 5.88. The molecule has 0 spiro atoms. The van der Waals surface area contributed by atoms with Crippen LogP contribution in [0.15, 0.2) is 47.6 Å². The van der Waals surface area contributed by atoms with E-state index in [2.05, 4.69) is 59.4 Å². The Bertz CT molecular complexity index is 594. The topological polar surface area (TPSA) is 48.8 Å². The van der Waals surface area contributed by atoms with E-state index in [0.717, 1.165) is 16.7 Å². The Hall–Kier alpha value is -2.25. The molecule has 2 aromatic carbocycles. The molecule has 0 bridgehead atoms. The number of hydrogen-bond acceptors (Lipinski definition) is 1. The standard InChI is InChI=1S/C15H15N3/c1-11-3-6-13(7-4-11)14-8-5-12(2)15(9-14)10-17-18-16/h3-9H,10H2,1-2H3. The number of hydrogen-bond donors (Lipinski definition) is 0. The molecule has 2 aromatic rings. The van der Waals surface area contributed by atoms with Crippen LogP contribution in [0.1, 0.15) is 16.7 Å². The summed E-state index contributed by atoms with van der Waals surface area (Å²) < 4.78 is 0. The zero-order valence-electron chi connectivity index (χ0n) is 10.6. The highest BCUT2D eigenvalue weighted by atomic mass is 15.1. The van der Waals surface area contributed by atoms with Gasteiger partial charge in [0.1, 0.15) is 0 Å². The number of benzene rings is 2. The molecular weight excluding hydrogens is 222 g/mol. The number of nitrogens with zero attached hydrogens (tertiary/aromatic N) is 3. The lowest BCUT2D eigenvalue weighted by atomic mass is 9.99. The van der Waals surface area contributed by atoms with Crippen LogP contribution in [0.2, 0.25) is 0 Å². The van der Waals surface area contributed by atoms with Gasteiger partial charge < -0.3 is 0 Å². The second kappa shape index (κ2) is 5.39. The van der Waals surface area contributed by atoms with Crippen LogP contribution in [0.3, 0.4) is 0 Å². The molecule has 18 heavy (non-hydrogen) atoms. The van der Waals surface area contributed by atoms with Gasteiger partial charge in [-0.3, -0.25) is 0 Å². The minimum absolute atomic E-state index is 0.405. The predicted octanol–water partition coefficient (Wildman–Crippen LogP) is 4.78. The highest BCUT2D eigenvalue weighted by Gasteiger charge is 2.02. The smallest absolute Gasteiger partial charge is 0.0513 e. The van der Waals surface area contributed by atoms with E-state index in [-0.39, 0.29) is 0 Å². The highest BCUT2D eigenvalue weighted by Crippen LogP contribution is 2.23. The fourth-order valence-corrected chi connectivity index (χ4v) is 1.88. The summed E-state index contributed by atoms with van der Waals surface area (Å²) in [5.74, 6) is 0. The van der Waals surface area contributed by atoms with Crippen molar-refractivity contribution in [3.05, 3.63) is 69.6 Å². The summed E-state index contributed by atoms with van der Waals surface area (Å²) in [5, 5.41) is 3.63. The SMILES string of the molecule is Cc1ccc(-c2ccc(C)c(CN=[N+]=[N-])c2)cc1. The molecule has 0 aliphatic carbocycles. The number of aryl methyl sites for hydroxylation is 2. The molecule has 0 atom stereocenters. The van der Waals surface area contributed by atoms with Gasteiger partial charge in [0.05, 0.1) is 6.54 Å². The maximum absolute atomic E-state index is 8.39. The lowest BCUT2D eigenvalue weighted by Gasteiger charge is -2.07. The van der Waals surface area contributed by atoms with E-state index in [4.69, 9.17) is 5.53 Å². The van der Waals surface area contributed by atoms with E-state index >= 15 is 0 Å². The maximum Gasteiger partial charge on any atom is 0.0513 e. The molecule has 3 heteroatoms. The summed E-state index contributed by atoms with van der Waals surface area (Å²) in [6.45, 7) is 4.51. The minimum atomic E-state index is 0.405. The van der Waals surface area contributed by atoms with Crippen molar-refractivity contribution in [1.29, 1.82) is 0 Å². The zero-order valence-corrected chi connectivity index (χ0v) is 10.6. The molecule has 0 amide bonds. The van der Waals surface area contributed by atoms with Gasteiger partial charge in [0.2, 0.25) is 0 Å². The first kappa shape index (κ1) is 12.2. The monoisotopic (exact) mass is 237 g/mol. The summed E-state index contributed by atoms with van der Waals surface area (Å²) >= 11 is 0. The van der Waals surface area contributed by atoms with Gasteiger partial charge >= 0.3 is 0 Å². The van der Waals surface area contributed by atoms with Crippen LogP contribution in [0.25, 0.3) is 21.6 Å². The van der Waals surface area contributed by atoms with E-state index in [1.54, 1.807) is 0 Å². The Balaban J connectivity index is 2.39. The molecule has 0 N–H and O–H groups in total. The molecule has 0 aliphatic rings. The minimum Gasteiger partial charge on any atom is -0.0893 e. The van der Waals surface area contributed by atoms with Crippen molar-refractivity contribution in [2.75, 3.05) is 0 Å². The largest absolute Gasteiger partial charge is 0.0893 e. The van der Waals surface area contributed by atoms with Gasteiger partial charge in [0.25, 0.3) is 0 Å². The summed E-state index contributed by atoms with van der Waals surface area (Å²) in [4.78, 5) is 2.81. The van der Waals surface area contributed by atoms with Crippen molar-refractivity contribution in [3.8, 4) is 11.1 Å². The normalized spacial score (nSPS) is 9.89. The molecule has 0 aromatic heterocycles. The maximum atomic E-state index is 8.39. The molecule has 0 radical (unpaired) electrons. The van der Waals surface area contributed by atoms with Crippen molar-refractivity contribution in [1.82, 2.24) is 0 Å². The zero-order chi connectivity index (χ0) is 13.0. The van der Waals surface area contributed by atoms with Crippen LogP contribution >= 0.6 is 0 Å². The van der Waals surface area contributed by atoms with Crippen LogP contribution in [-0.2, 0) is 6.54 Å². The van der Waals surface area contributed by atoms with Gasteiger partial charge in [-0.15, -0.1) is 0 Å². The van der Waals surface area contributed by atoms with E-state index in [0.29, 0.717) is 6.54 Å². The van der Waals surface area contributed by atoms with Gasteiger partial charge in [0.15, 0.2) is 0 Å². The van der Waals surface area contributed by atoms with Crippen LogP contribution in [0.5, 0.6) is 0 Å². The van der Waals surface area contributed by atoms with Crippen molar-refractivity contribution >= 4 is 0 Å². The average molecular weight is 237 g/mol. The average Bonchev–Trinajstić information content (AvgIpc) is 2.39. The van der Waals surface area contributed by atoms with E-state index in [1.165, 1.54) is 11.1 Å². The highest BCUT2D eigenvalue weighted by molar-refractivity contribution is 5.65. The molecule has 0 saturated heterocycles. The third kappa shape index (κ3) is 2.70. The van der Waals surface area contributed by atoms with E-state index in [9.17, 15) is 0 Å². The molecule has 90 valence electrons. The Labute approximate surface area is 107 Å². The van der Waals surface area contributed by atoms with Gasteiger partial charge in [-0.1, -0.05) is 53.1 Å². The molecule has 2 rings (SSSR count). The van der Waals surface area contributed by atoms with Crippen molar-refractivity contribution in [2.24, 2.45) is 5.11 Å². The van der Waals surface area contributed by atoms with Crippen molar-refractivity contribution in [3.63, 3.8) is 0 Å². The quantitative estimate of drug-likeness (QED) is 0.419. The Morgan fingerprint density at radius 1 is 1.00 bits per heavy atom. The first-order valence-corrected chi connectivity index (χ1v) is 5.88. The summed E-state index contributed by atoms with van der Waals surface area (Å²) in [7, 11) is 0. The molecule has 0 heterocycles. The van der Waals surface area contributed by atoms with Gasteiger partial charge in [-0.25, -0.2) is 0 Å². The lowest BCUT2D eigenvalue weighted by molar-refractivity contribution is 1.03. The summed E-state index contributed by atoms with van der Waals surface area (Å²) in [6, 6.07) is 14.7. The van der Waals surface area contributed by atoms with Crippen molar-refractivity contribution < 1.29 is 0 Å². The third-order valence-corrected chi connectivity index (χ3v) is 3.04. The van der Waals surface area contributed by atoms with Gasteiger partial charge in [0, 0.05) is 4.91 Å². The Kier molecular flexibility index (Phi) is 3.66. The second-order valence-corrected chi connectivity index (χ2v) is 4.40. The fourth-order valence-electron chi connectivity index (χ4n) is 1.88. The molecule has 3 nitrogen and oxygen atoms in total. The Morgan fingerprint density at radius 3 is 2.33 bits per heavy atom. The second-order valence-electron chi connectivity index (χ2n) is 4.40. The van der Waals surface area contributed by atoms with E-state index in [1.807, 2.05) is 6.92 Å². The van der Waals surface area contributed by atoms with Crippen molar-refractivity contribution in [2.45, 2.75) is 20.4 Å². The summed E-state index contributed by atoms with van der Waals surface area (Å²) in [6.07, 6.45) is 0. The first-order chi connectivity index (χ1) is 8.70. The number of rotatable bonds is 3. The Morgan fingerprint density at radius 2 is 1.67 bits per heavy atom. The predicted molar refractivity (Wildman–Crippen MR) is 74.2 cm³/mol. The van der Waals surface area contributed by atoms with Crippen LogP contribution in [0, 0.1) is 13.8 Å². The lowest BCUT2D eigenvalue weighted by Crippen LogP contribution is -1.88. The van der Waals surface area contributed by atoms with Crippen LogP contribution < -0.4 is 0 Å². The molecular formula is C15H15N3. The van der Waals surface area contributed by atoms with E-state index < -0.39 is 0 Å². The number of azide groups is 1. The third-order valence-electron chi connectivity index (χ3n) is 3.04. The summed E-state index contributed by atoms with van der Waals surface area (Å²) in [5.41, 5.74) is 14.2. The molecule has 0 aliphatic heterocycles. The fraction of sp³-hybridized carbons (Fsp3) is 0.200. The van der Waals surface area contributed by atoms with Gasteiger partial charge in [-0.2, -0.15) is 0 Å². The molecule has 0 saturated carbocycles. The van der Waals surface area contributed by atoms with Crippen LogP contribution in [0.4, 0.5) is 0 Å². The van der Waals surface area contributed by atoms with Gasteiger partial charge in [-0.05, 0) is 41.6 Å².